The van der Waals surface area contributed by atoms with Gasteiger partial charge in [-0.1, -0.05) is 152 Å². The lowest BCUT2D eigenvalue weighted by Gasteiger charge is -2.12. The van der Waals surface area contributed by atoms with Gasteiger partial charge in [0, 0.05) is 49.6 Å². The molecule has 3 heterocycles. The molecular weight excluding hydrogens is 755 g/mol. The van der Waals surface area contributed by atoms with Crippen LogP contribution in [0.3, 0.4) is 0 Å². The predicted octanol–water partition coefficient (Wildman–Crippen LogP) is 14.4. The van der Waals surface area contributed by atoms with Gasteiger partial charge in [0.2, 0.25) is 0 Å². The van der Waals surface area contributed by atoms with Crippen molar-refractivity contribution < 1.29 is 0 Å². The van der Waals surface area contributed by atoms with E-state index in [-0.39, 0.29) is 0 Å². The van der Waals surface area contributed by atoms with Crippen LogP contribution in [-0.2, 0) is 0 Å². The van der Waals surface area contributed by atoms with Gasteiger partial charge in [-0.2, -0.15) is 0 Å². The number of rotatable bonds is 7. The SMILES string of the molecule is c1ccc(-c2ccc3c4ccccc4n(-c4ccc(-c5nc(-c6ccccc6)nc(-c6ccc(-n7c8ccccc8c8ccc(-c9ccccc9)cc87)cc6)n5)cc4)c3c2)cc1. The first kappa shape index (κ1) is 35.5. The molecule has 3 aromatic heterocycles. The lowest BCUT2D eigenvalue weighted by Crippen LogP contribution is -2.01. The summed E-state index contributed by atoms with van der Waals surface area (Å²) in [6.45, 7) is 0. The second-order valence-electron chi connectivity index (χ2n) is 15.7. The van der Waals surface area contributed by atoms with Gasteiger partial charge >= 0.3 is 0 Å². The molecule has 0 fully saturated rings. The molecule has 0 radical (unpaired) electrons. The fraction of sp³-hybridized carbons (Fsp3) is 0. The Bertz CT molecular complexity index is 3370. The van der Waals surface area contributed by atoms with Crippen LogP contribution in [0.15, 0.2) is 224 Å². The van der Waals surface area contributed by atoms with Crippen molar-refractivity contribution in [3.8, 4) is 67.8 Å². The van der Waals surface area contributed by atoms with Crippen molar-refractivity contribution in [1.82, 2.24) is 24.1 Å². The summed E-state index contributed by atoms with van der Waals surface area (Å²) in [7, 11) is 0. The first-order chi connectivity index (χ1) is 30.7. The summed E-state index contributed by atoms with van der Waals surface area (Å²) >= 11 is 0. The van der Waals surface area contributed by atoms with E-state index in [1.165, 1.54) is 43.8 Å². The van der Waals surface area contributed by atoms with E-state index in [0.29, 0.717) is 17.5 Å². The third-order valence-electron chi connectivity index (χ3n) is 12.0. The zero-order chi connectivity index (χ0) is 41.0. The number of aromatic nitrogens is 5. The molecule has 12 aromatic rings. The highest BCUT2D eigenvalue weighted by molar-refractivity contribution is 6.11. The summed E-state index contributed by atoms with van der Waals surface area (Å²) in [5, 5.41) is 4.89. The van der Waals surface area contributed by atoms with Crippen LogP contribution in [0, 0.1) is 0 Å². The molecule has 0 N–H and O–H groups in total. The molecule has 0 bridgehead atoms. The van der Waals surface area contributed by atoms with E-state index in [4.69, 9.17) is 15.0 Å². The van der Waals surface area contributed by atoms with E-state index in [2.05, 4.69) is 203 Å². The molecular formula is C57H37N5. The fourth-order valence-electron chi connectivity index (χ4n) is 8.99. The Kier molecular flexibility index (Phi) is 8.42. The zero-order valence-corrected chi connectivity index (χ0v) is 33.6. The van der Waals surface area contributed by atoms with Gasteiger partial charge in [-0.3, -0.25) is 0 Å². The molecule has 0 aliphatic rings. The highest BCUT2D eigenvalue weighted by atomic mass is 15.0. The standard InChI is InChI=1S/C57H37N5/c1-4-14-38(15-5-1)43-28-34-49-47-20-10-12-22-51(47)61(53(49)36-43)45-30-24-41(25-31-45)56-58-55(40-18-8-3-9-19-40)59-57(60-56)42-26-32-46(33-27-42)62-52-23-13-11-21-48(52)50-35-29-44(37-54(50)62)39-16-6-2-7-17-39/h1-37H. The van der Waals surface area contributed by atoms with Gasteiger partial charge in [0.25, 0.3) is 0 Å². The topological polar surface area (TPSA) is 48.5 Å². The minimum absolute atomic E-state index is 0.619. The molecule has 0 amide bonds. The van der Waals surface area contributed by atoms with E-state index >= 15 is 0 Å². The predicted molar refractivity (Wildman–Crippen MR) is 256 cm³/mol. The van der Waals surface area contributed by atoms with Crippen molar-refractivity contribution in [2.75, 3.05) is 0 Å². The molecule has 0 spiro atoms. The quantitative estimate of drug-likeness (QED) is 0.162. The summed E-state index contributed by atoms with van der Waals surface area (Å²) in [5.41, 5.74) is 14.3. The van der Waals surface area contributed by atoms with Gasteiger partial charge in [0.15, 0.2) is 17.5 Å². The Morgan fingerprint density at radius 1 is 0.226 bits per heavy atom. The zero-order valence-electron chi connectivity index (χ0n) is 33.6. The molecule has 5 nitrogen and oxygen atoms in total. The number of benzene rings is 9. The second kappa shape index (κ2) is 14.7. The molecule has 0 aliphatic carbocycles. The average molecular weight is 792 g/mol. The van der Waals surface area contributed by atoms with Crippen molar-refractivity contribution in [3.63, 3.8) is 0 Å². The fourth-order valence-corrected chi connectivity index (χ4v) is 8.99. The molecule has 0 unspecified atom stereocenters. The van der Waals surface area contributed by atoms with Crippen LogP contribution in [0.1, 0.15) is 0 Å². The van der Waals surface area contributed by atoms with Crippen molar-refractivity contribution in [1.29, 1.82) is 0 Å². The maximum atomic E-state index is 5.14. The van der Waals surface area contributed by atoms with Crippen LogP contribution >= 0.6 is 0 Å². The lowest BCUT2D eigenvalue weighted by molar-refractivity contribution is 1.07. The van der Waals surface area contributed by atoms with Crippen LogP contribution < -0.4 is 0 Å². The smallest absolute Gasteiger partial charge is 0.164 e. The molecule has 0 saturated carbocycles. The average Bonchev–Trinajstić information content (AvgIpc) is 3.87. The largest absolute Gasteiger partial charge is 0.309 e. The number of hydrogen-bond donors (Lipinski definition) is 0. The Morgan fingerprint density at radius 3 is 0.935 bits per heavy atom. The van der Waals surface area contributed by atoms with E-state index < -0.39 is 0 Å². The molecule has 9 aromatic carbocycles. The van der Waals surface area contributed by atoms with Gasteiger partial charge in [0.05, 0.1) is 22.1 Å². The highest BCUT2D eigenvalue weighted by Crippen LogP contribution is 2.37. The maximum Gasteiger partial charge on any atom is 0.164 e. The summed E-state index contributed by atoms with van der Waals surface area (Å²) in [6.07, 6.45) is 0. The molecule has 12 rings (SSSR count). The third kappa shape index (κ3) is 6.06. The normalized spacial score (nSPS) is 11.5. The van der Waals surface area contributed by atoms with E-state index in [0.717, 1.165) is 50.1 Å². The first-order valence-electron chi connectivity index (χ1n) is 20.9. The van der Waals surface area contributed by atoms with Crippen molar-refractivity contribution >= 4 is 43.6 Å². The van der Waals surface area contributed by atoms with Crippen molar-refractivity contribution in [3.05, 3.63) is 224 Å². The Balaban J connectivity index is 0.949. The minimum Gasteiger partial charge on any atom is -0.309 e. The number of nitrogens with zero attached hydrogens (tertiary/aromatic N) is 5. The Morgan fingerprint density at radius 2 is 0.532 bits per heavy atom. The van der Waals surface area contributed by atoms with E-state index in [1.807, 2.05) is 30.3 Å². The summed E-state index contributed by atoms with van der Waals surface area (Å²) in [4.78, 5) is 15.3. The van der Waals surface area contributed by atoms with Gasteiger partial charge in [-0.05, 0) is 95.1 Å². The lowest BCUT2D eigenvalue weighted by atomic mass is 10.0. The molecule has 0 atom stereocenters. The monoisotopic (exact) mass is 791 g/mol. The Labute approximate surface area is 358 Å². The number of para-hydroxylation sites is 2. The third-order valence-corrected chi connectivity index (χ3v) is 12.0. The molecule has 290 valence electrons. The molecule has 62 heavy (non-hydrogen) atoms. The van der Waals surface area contributed by atoms with Crippen LogP contribution in [0.4, 0.5) is 0 Å². The summed E-state index contributed by atoms with van der Waals surface area (Å²) in [6, 6.07) is 79.3. The van der Waals surface area contributed by atoms with Crippen LogP contribution in [0.2, 0.25) is 0 Å². The minimum atomic E-state index is 0.619. The molecule has 0 saturated heterocycles. The summed E-state index contributed by atoms with van der Waals surface area (Å²) < 4.78 is 4.71. The van der Waals surface area contributed by atoms with Gasteiger partial charge in [-0.25, -0.2) is 15.0 Å². The first-order valence-corrected chi connectivity index (χ1v) is 20.9. The van der Waals surface area contributed by atoms with Crippen LogP contribution in [0.25, 0.3) is 111 Å². The van der Waals surface area contributed by atoms with E-state index in [1.54, 1.807) is 0 Å². The number of hydrogen-bond acceptors (Lipinski definition) is 3. The van der Waals surface area contributed by atoms with Crippen LogP contribution in [0.5, 0.6) is 0 Å². The summed E-state index contributed by atoms with van der Waals surface area (Å²) in [5.74, 6) is 1.87. The molecule has 0 aliphatic heterocycles. The van der Waals surface area contributed by atoms with Crippen molar-refractivity contribution in [2.45, 2.75) is 0 Å². The maximum absolute atomic E-state index is 5.14. The molecule has 5 heteroatoms. The van der Waals surface area contributed by atoms with Gasteiger partial charge in [0.1, 0.15) is 0 Å². The van der Waals surface area contributed by atoms with Gasteiger partial charge < -0.3 is 9.13 Å². The van der Waals surface area contributed by atoms with Crippen molar-refractivity contribution in [2.24, 2.45) is 0 Å². The number of fused-ring (bicyclic) bond motifs is 6. The highest BCUT2D eigenvalue weighted by Gasteiger charge is 2.17. The second-order valence-corrected chi connectivity index (χ2v) is 15.7. The Hall–Kier alpha value is -8.41. The van der Waals surface area contributed by atoms with E-state index in [9.17, 15) is 0 Å². The van der Waals surface area contributed by atoms with Crippen LogP contribution in [-0.4, -0.2) is 24.1 Å². The van der Waals surface area contributed by atoms with Gasteiger partial charge in [-0.15, -0.1) is 0 Å².